The van der Waals surface area contributed by atoms with E-state index < -0.39 is 22.2 Å². The lowest BCUT2D eigenvalue weighted by Crippen LogP contribution is -2.47. The van der Waals surface area contributed by atoms with Crippen LogP contribution < -0.4 is 9.46 Å². The second-order valence-corrected chi connectivity index (χ2v) is 8.09. The van der Waals surface area contributed by atoms with Crippen molar-refractivity contribution in [2.75, 3.05) is 0 Å². The highest BCUT2D eigenvalue weighted by atomic mass is 32.2. The molecule has 6 nitrogen and oxygen atoms in total. The van der Waals surface area contributed by atoms with E-state index in [1.165, 1.54) is 50.2 Å². The summed E-state index contributed by atoms with van der Waals surface area (Å²) in [6, 6.07) is 13.1. The van der Waals surface area contributed by atoms with E-state index in [4.69, 9.17) is 4.52 Å². The van der Waals surface area contributed by atoms with Crippen molar-refractivity contribution in [2.45, 2.75) is 31.5 Å². The Balaban J connectivity index is 2.13. The summed E-state index contributed by atoms with van der Waals surface area (Å²) in [6.45, 7) is 2.91. The molecule has 0 saturated carbocycles. The molecule has 0 unspecified atom stereocenters. The molecule has 0 aliphatic heterocycles. The van der Waals surface area contributed by atoms with Crippen molar-refractivity contribution in [3.05, 3.63) is 60.4 Å². The number of amides is 1. The van der Waals surface area contributed by atoms with Crippen molar-refractivity contribution in [3.63, 3.8) is 0 Å². The van der Waals surface area contributed by atoms with Gasteiger partial charge < -0.3 is 0 Å². The maximum Gasteiger partial charge on any atom is 0.679 e. The Morgan fingerprint density at radius 3 is 2.17 bits per heavy atom. The summed E-state index contributed by atoms with van der Waals surface area (Å²) in [5.74, 6) is -0.650. The molecule has 0 aliphatic rings. The van der Waals surface area contributed by atoms with E-state index in [2.05, 4.69) is 0 Å². The van der Waals surface area contributed by atoms with Gasteiger partial charge in [-0.1, -0.05) is 37.3 Å². The van der Waals surface area contributed by atoms with Crippen LogP contribution >= 0.6 is 0 Å². The number of sulfonamides is 1. The monoisotopic (exact) mass is 439 g/mol. The molecule has 0 spiro atoms. The lowest BCUT2D eigenvalue weighted by atomic mass is 9.99. The normalized spacial score (nSPS) is 12.0. The summed E-state index contributed by atoms with van der Waals surface area (Å²) < 4.78 is 72.0. The van der Waals surface area contributed by atoms with Gasteiger partial charge in [0.05, 0.1) is 15.2 Å². The third kappa shape index (κ3) is 4.23. The minimum absolute atomic E-state index is 0.0105. The predicted molar refractivity (Wildman–Crippen MR) is 101 cm³/mol. The lowest BCUT2D eigenvalue weighted by Gasteiger charge is -2.07. The molecule has 2 aromatic carbocycles. The van der Waals surface area contributed by atoms with Gasteiger partial charge in [-0.25, -0.2) is 17.7 Å². The number of carbonyl (C=O) groups excluding carboxylic acids is 1. The quantitative estimate of drug-likeness (QED) is 0.612. The number of aryl methyl sites for hydroxylation is 1. The fraction of sp³-hybridized carbons (Fsp3) is 0.200. The second-order valence-electron chi connectivity index (χ2n) is 6.41. The first-order chi connectivity index (χ1) is 14.0. The van der Waals surface area contributed by atoms with Crippen molar-refractivity contribution in [2.24, 2.45) is 0 Å². The van der Waals surface area contributed by atoms with Crippen molar-refractivity contribution in [1.29, 1.82) is 0 Å². The highest BCUT2D eigenvalue weighted by Crippen LogP contribution is 2.36. The molecule has 3 aromatic rings. The van der Waals surface area contributed by atoms with Crippen molar-refractivity contribution >= 4 is 15.9 Å². The van der Waals surface area contributed by atoms with Crippen LogP contribution in [0.4, 0.5) is 13.2 Å². The van der Waals surface area contributed by atoms with Gasteiger partial charge in [0.1, 0.15) is 5.56 Å². The van der Waals surface area contributed by atoms with Gasteiger partial charge in [0.2, 0.25) is 5.91 Å². The fourth-order valence-electron chi connectivity index (χ4n) is 2.95. The minimum Gasteiger partial charge on any atom is -0.274 e. The van der Waals surface area contributed by atoms with E-state index in [-0.39, 0.29) is 38.6 Å². The molecular formula is C20H18F3N2O4S+. The largest absolute Gasteiger partial charge is 0.679 e. The summed E-state index contributed by atoms with van der Waals surface area (Å²) in [6.07, 6.45) is -4.80. The molecule has 1 amide bonds. The Kier molecular flexibility index (Phi) is 5.71. The number of benzene rings is 2. The van der Waals surface area contributed by atoms with E-state index >= 15 is 0 Å². The standard InChI is InChI=1S/C20H17F3N2O4S/c1-3-17(26)24-30(27,28)16-11-9-14(10-12-16)18-13(2)29-25(20(21,22)23)19(18)15-7-5-4-6-8-15/h4-12H,3H2,1-2H3/p+1. The summed E-state index contributed by atoms with van der Waals surface area (Å²) in [7, 11) is -4.07. The zero-order valence-electron chi connectivity index (χ0n) is 16.0. The Bertz CT molecular complexity index is 1170. The first-order valence-corrected chi connectivity index (χ1v) is 10.4. The molecule has 158 valence electrons. The molecule has 0 bridgehead atoms. The van der Waals surface area contributed by atoms with Gasteiger partial charge in [-0.3, -0.25) is 4.79 Å². The van der Waals surface area contributed by atoms with Crippen LogP contribution in [0.3, 0.4) is 0 Å². The zero-order chi connectivity index (χ0) is 22.1. The molecular weight excluding hydrogens is 421 g/mol. The van der Waals surface area contributed by atoms with Gasteiger partial charge in [-0.2, -0.15) is 0 Å². The smallest absolute Gasteiger partial charge is 0.274 e. The lowest BCUT2D eigenvalue weighted by molar-refractivity contribution is -0.971. The Labute approximate surface area is 171 Å². The van der Waals surface area contributed by atoms with E-state index in [1.54, 1.807) is 18.2 Å². The molecule has 30 heavy (non-hydrogen) atoms. The number of halogens is 3. The van der Waals surface area contributed by atoms with Crippen molar-refractivity contribution < 1.29 is 35.6 Å². The molecule has 0 aliphatic carbocycles. The first-order valence-electron chi connectivity index (χ1n) is 8.89. The summed E-state index contributed by atoms with van der Waals surface area (Å²) in [4.78, 5) is 11.2. The number of rotatable bonds is 5. The molecule has 0 fully saturated rings. The van der Waals surface area contributed by atoms with Crippen LogP contribution in [0.15, 0.2) is 64.0 Å². The molecule has 0 radical (unpaired) electrons. The van der Waals surface area contributed by atoms with Crippen LogP contribution in [-0.2, 0) is 21.1 Å². The Morgan fingerprint density at radius 2 is 1.63 bits per heavy atom. The Hall–Kier alpha value is -3.14. The molecule has 1 heterocycles. The van der Waals surface area contributed by atoms with Crippen LogP contribution in [-0.4, -0.2) is 14.3 Å². The Morgan fingerprint density at radius 1 is 1.03 bits per heavy atom. The van der Waals surface area contributed by atoms with Crippen LogP contribution in [0.2, 0.25) is 0 Å². The fourth-order valence-corrected chi connectivity index (χ4v) is 4.01. The average molecular weight is 439 g/mol. The van der Waals surface area contributed by atoms with Gasteiger partial charge in [-0.15, -0.1) is 13.2 Å². The van der Waals surface area contributed by atoms with Crippen molar-refractivity contribution in [3.8, 4) is 22.4 Å². The topological polar surface area (TPSA) is 80.3 Å². The van der Waals surface area contributed by atoms with Crippen molar-refractivity contribution in [1.82, 2.24) is 4.72 Å². The number of carbonyl (C=O) groups is 1. The maximum atomic E-state index is 13.6. The molecule has 3 rings (SSSR count). The van der Waals surface area contributed by atoms with Gasteiger partial charge in [0.25, 0.3) is 15.7 Å². The summed E-state index contributed by atoms with van der Waals surface area (Å²) in [5.41, 5.74) is 0.600. The van der Waals surface area contributed by atoms with Gasteiger partial charge in [0.15, 0.2) is 5.76 Å². The van der Waals surface area contributed by atoms with E-state index in [1.807, 2.05) is 4.72 Å². The van der Waals surface area contributed by atoms with Crippen LogP contribution in [0.5, 0.6) is 0 Å². The van der Waals surface area contributed by atoms with Crippen LogP contribution in [0, 0.1) is 6.92 Å². The zero-order valence-corrected chi connectivity index (χ0v) is 16.8. The summed E-state index contributed by atoms with van der Waals surface area (Å²) in [5, 5.41) is 0. The number of nitrogens with one attached hydrogen (secondary N) is 1. The van der Waals surface area contributed by atoms with E-state index in [9.17, 15) is 26.4 Å². The number of nitrogens with zero attached hydrogens (tertiary/aromatic N) is 1. The van der Waals surface area contributed by atoms with Gasteiger partial charge >= 0.3 is 6.30 Å². The molecule has 1 N–H and O–H groups in total. The van der Waals surface area contributed by atoms with Crippen LogP contribution in [0.25, 0.3) is 22.4 Å². The first kappa shape index (κ1) is 21.6. The van der Waals surface area contributed by atoms with E-state index in [0.29, 0.717) is 5.56 Å². The second kappa shape index (κ2) is 7.94. The maximum absolute atomic E-state index is 13.6. The minimum atomic E-state index is -4.79. The third-order valence-corrected chi connectivity index (χ3v) is 5.71. The highest BCUT2D eigenvalue weighted by Gasteiger charge is 2.51. The molecule has 10 heteroatoms. The molecule has 0 saturated heterocycles. The third-order valence-electron chi connectivity index (χ3n) is 4.32. The number of aromatic nitrogens is 1. The summed E-state index contributed by atoms with van der Waals surface area (Å²) >= 11 is 0. The van der Waals surface area contributed by atoms with Crippen LogP contribution in [0.1, 0.15) is 19.1 Å². The van der Waals surface area contributed by atoms with Gasteiger partial charge in [0, 0.05) is 13.3 Å². The molecule has 0 atom stereocenters. The number of hydrogen-bond donors (Lipinski definition) is 1. The van der Waals surface area contributed by atoms with Gasteiger partial charge in [-0.05, 0) is 29.8 Å². The average Bonchev–Trinajstić information content (AvgIpc) is 3.06. The molecule has 1 aromatic heterocycles. The highest BCUT2D eigenvalue weighted by molar-refractivity contribution is 7.90. The number of alkyl halides is 3. The predicted octanol–water partition coefficient (Wildman–Crippen LogP) is 3.90. The number of hydrogen-bond acceptors (Lipinski definition) is 4. The van der Waals surface area contributed by atoms with E-state index in [0.717, 1.165) is 0 Å². The SMILES string of the molecule is CCC(=O)NS(=O)(=O)c1ccc(-c2c(C)o[n+](C(F)(F)F)c2-c2ccccc2)cc1.